The number of amides is 3. The average molecular weight is 413 g/mol. The number of hydrogen-bond acceptors (Lipinski definition) is 3. The second kappa shape index (κ2) is 9.07. The van der Waals surface area contributed by atoms with Crippen LogP contribution in [0.3, 0.4) is 0 Å². The molecule has 0 heterocycles. The molecule has 0 aromatic heterocycles. The summed E-state index contributed by atoms with van der Waals surface area (Å²) in [5.74, 6) is -0.843. The summed E-state index contributed by atoms with van der Waals surface area (Å²) in [6.07, 6.45) is 0. The standard InChI is InChI=1S/C21H18ClFN4O2/c22-16-11-15(9-10-17(16)23)26-21(29)25-12-13-5-7-14(8-6-13)20(28)27-19-4-2-1-3-18(19)24/h1-11H,12,24H2,(H,27,28)(H2,25,26,29). The zero-order valence-electron chi connectivity index (χ0n) is 15.2. The molecule has 3 aromatic rings. The molecule has 0 aliphatic heterocycles. The molecule has 29 heavy (non-hydrogen) atoms. The average Bonchev–Trinajstić information content (AvgIpc) is 2.71. The Labute approximate surface area is 171 Å². The lowest BCUT2D eigenvalue weighted by molar-refractivity contribution is 0.102. The van der Waals surface area contributed by atoms with Crippen molar-refractivity contribution in [2.24, 2.45) is 0 Å². The van der Waals surface area contributed by atoms with Gasteiger partial charge in [-0.1, -0.05) is 35.9 Å². The molecule has 3 rings (SSSR count). The van der Waals surface area contributed by atoms with Gasteiger partial charge in [0.05, 0.1) is 16.4 Å². The Hall–Kier alpha value is -3.58. The number of benzene rings is 3. The van der Waals surface area contributed by atoms with Crippen molar-refractivity contribution in [2.75, 3.05) is 16.4 Å². The molecule has 3 amide bonds. The summed E-state index contributed by atoms with van der Waals surface area (Å²) in [6.45, 7) is 0.244. The first-order valence-corrected chi connectivity index (χ1v) is 9.05. The number of nitrogen functional groups attached to an aromatic ring is 1. The third-order valence-corrected chi connectivity index (χ3v) is 4.35. The Bertz CT molecular complexity index is 1040. The van der Waals surface area contributed by atoms with Crippen molar-refractivity contribution in [2.45, 2.75) is 6.54 Å². The summed E-state index contributed by atoms with van der Waals surface area (Å²) in [7, 11) is 0. The number of rotatable bonds is 5. The van der Waals surface area contributed by atoms with Gasteiger partial charge in [0.1, 0.15) is 5.82 Å². The summed E-state index contributed by atoms with van der Waals surface area (Å²) in [5, 5.41) is 7.91. The highest BCUT2D eigenvalue weighted by Gasteiger charge is 2.09. The van der Waals surface area contributed by atoms with Crippen molar-refractivity contribution in [1.29, 1.82) is 0 Å². The SMILES string of the molecule is Nc1ccccc1NC(=O)c1ccc(CNC(=O)Nc2ccc(F)c(Cl)c2)cc1. The van der Waals surface area contributed by atoms with Gasteiger partial charge in [0.2, 0.25) is 0 Å². The third kappa shape index (κ3) is 5.46. The molecule has 148 valence electrons. The zero-order chi connectivity index (χ0) is 20.8. The van der Waals surface area contributed by atoms with E-state index in [2.05, 4.69) is 16.0 Å². The van der Waals surface area contributed by atoms with E-state index in [1.165, 1.54) is 18.2 Å². The predicted octanol–water partition coefficient (Wildman–Crippen LogP) is 4.64. The number of carbonyl (C=O) groups excluding carboxylic acids is 2. The topological polar surface area (TPSA) is 96.2 Å². The van der Waals surface area contributed by atoms with Crippen molar-refractivity contribution in [3.63, 3.8) is 0 Å². The van der Waals surface area contributed by atoms with E-state index in [1.54, 1.807) is 48.5 Å². The molecule has 0 aliphatic carbocycles. The van der Waals surface area contributed by atoms with E-state index in [9.17, 15) is 14.0 Å². The number of para-hydroxylation sites is 2. The zero-order valence-corrected chi connectivity index (χ0v) is 16.0. The van der Waals surface area contributed by atoms with Gasteiger partial charge in [-0.2, -0.15) is 0 Å². The minimum Gasteiger partial charge on any atom is -0.397 e. The Morgan fingerprint density at radius 2 is 1.69 bits per heavy atom. The Morgan fingerprint density at radius 3 is 2.38 bits per heavy atom. The van der Waals surface area contributed by atoms with Crippen molar-refractivity contribution in [3.8, 4) is 0 Å². The van der Waals surface area contributed by atoms with Crippen molar-refractivity contribution in [3.05, 3.63) is 88.7 Å². The quantitative estimate of drug-likeness (QED) is 0.460. The third-order valence-electron chi connectivity index (χ3n) is 4.06. The summed E-state index contributed by atoms with van der Waals surface area (Å²) in [4.78, 5) is 24.3. The highest BCUT2D eigenvalue weighted by atomic mass is 35.5. The van der Waals surface area contributed by atoms with Crippen LogP contribution in [-0.4, -0.2) is 11.9 Å². The fraction of sp³-hybridized carbons (Fsp3) is 0.0476. The van der Waals surface area contributed by atoms with Crippen LogP contribution >= 0.6 is 11.6 Å². The van der Waals surface area contributed by atoms with Crippen LogP contribution in [0.5, 0.6) is 0 Å². The molecule has 0 saturated heterocycles. The Morgan fingerprint density at radius 1 is 0.966 bits per heavy atom. The molecular weight excluding hydrogens is 395 g/mol. The molecule has 5 N–H and O–H groups in total. The second-order valence-corrected chi connectivity index (χ2v) is 6.58. The van der Waals surface area contributed by atoms with E-state index in [-0.39, 0.29) is 17.5 Å². The van der Waals surface area contributed by atoms with Gasteiger partial charge in [-0.05, 0) is 48.0 Å². The Balaban J connectivity index is 1.53. The molecule has 0 spiro atoms. The maximum Gasteiger partial charge on any atom is 0.319 e. The van der Waals surface area contributed by atoms with Crippen LogP contribution < -0.4 is 21.7 Å². The number of hydrogen-bond donors (Lipinski definition) is 4. The maximum absolute atomic E-state index is 13.1. The molecule has 3 aromatic carbocycles. The number of nitrogens with two attached hydrogens (primary N) is 1. The molecule has 0 bridgehead atoms. The number of halogens is 2. The van der Waals surface area contributed by atoms with Crippen LogP contribution in [0.2, 0.25) is 5.02 Å². The van der Waals surface area contributed by atoms with Crippen LogP contribution in [0.15, 0.2) is 66.7 Å². The van der Waals surface area contributed by atoms with Gasteiger partial charge < -0.3 is 21.7 Å². The summed E-state index contributed by atoms with van der Waals surface area (Å²) in [6, 6.07) is 17.2. The fourth-order valence-electron chi connectivity index (χ4n) is 2.51. The van der Waals surface area contributed by atoms with Gasteiger partial charge in [-0.3, -0.25) is 4.79 Å². The maximum atomic E-state index is 13.1. The number of carbonyl (C=O) groups is 2. The first-order valence-electron chi connectivity index (χ1n) is 8.67. The first kappa shape index (κ1) is 20.2. The summed E-state index contributed by atoms with van der Waals surface area (Å²) in [5.41, 5.74) is 8.48. The lowest BCUT2D eigenvalue weighted by Crippen LogP contribution is -2.28. The predicted molar refractivity (Wildman–Crippen MR) is 113 cm³/mol. The molecule has 0 unspecified atom stereocenters. The molecule has 8 heteroatoms. The van der Waals surface area contributed by atoms with Gasteiger partial charge >= 0.3 is 6.03 Å². The lowest BCUT2D eigenvalue weighted by atomic mass is 10.1. The van der Waals surface area contributed by atoms with Gasteiger partial charge in [0.15, 0.2) is 0 Å². The summed E-state index contributed by atoms with van der Waals surface area (Å²) >= 11 is 5.68. The monoisotopic (exact) mass is 412 g/mol. The van der Waals surface area contributed by atoms with Crippen LogP contribution in [0, 0.1) is 5.82 Å². The smallest absolute Gasteiger partial charge is 0.319 e. The second-order valence-electron chi connectivity index (χ2n) is 6.17. The molecule has 0 saturated carbocycles. The van der Waals surface area contributed by atoms with E-state index < -0.39 is 11.8 Å². The van der Waals surface area contributed by atoms with E-state index in [1.807, 2.05) is 0 Å². The lowest BCUT2D eigenvalue weighted by Gasteiger charge is -2.10. The van der Waals surface area contributed by atoms with Gasteiger partial charge in [-0.25, -0.2) is 9.18 Å². The molecule has 0 radical (unpaired) electrons. The normalized spacial score (nSPS) is 10.3. The van der Waals surface area contributed by atoms with Crippen LogP contribution in [0.4, 0.5) is 26.2 Å². The van der Waals surface area contributed by atoms with Crippen molar-refractivity contribution < 1.29 is 14.0 Å². The first-order chi connectivity index (χ1) is 13.9. The van der Waals surface area contributed by atoms with E-state index >= 15 is 0 Å². The van der Waals surface area contributed by atoms with E-state index in [4.69, 9.17) is 17.3 Å². The molecule has 0 aliphatic rings. The Kier molecular flexibility index (Phi) is 6.31. The van der Waals surface area contributed by atoms with Gasteiger partial charge in [0.25, 0.3) is 5.91 Å². The molecule has 6 nitrogen and oxygen atoms in total. The number of urea groups is 1. The highest BCUT2D eigenvalue weighted by molar-refractivity contribution is 6.31. The van der Waals surface area contributed by atoms with Crippen molar-refractivity contribution in [1.82, 2.24) is 5.32 Å². The van der Waals surface area contributed by atoms with Crippen molar-refractivity contribution >= 4 is 40.6 Å². The molecule has 0 atom stereocenters. The summed E-state index contributed by atoms with van der Waals surface area (Å²) < 4.78 is 13.1. The minimum absolute atomic E-state index is 0.0751. The van der Waals surface area contributed by atoms with Gasteiger partial charge in [-0.15, -0.1) is 0 Å². The fourth-order valence-corrected chi connectivity index (χ4v) is 2.69. The number of nitrogens with one attached hydrogen (secondary N) is 3. The molecule has 0 fully saturated rings. The van der Waals surface area contributed by atoms with E-state index in [0.717, 1.165) is 5.56 Å². The van der Waals surface area contributed by atoms with Crippen LogP contribution in [0.1, 0.15) is 15.9 Å². The van der Waals surface area contributed by atoms with Crippen LogP contribution in [-0.2, 0) is 6.54 Å². The van der Waals surface area contributed by atoms with Crippen LogP contribution in [0.25, 0.3) is 0 Å². The highest BCUT2D eigenvalue weighted by Crippen LogP contribution is 2.19. The number of anilines is 3. The van der Waals surface area contributed by atoms with Gasteiger partial charge in [0, 0.05) is 17.8 Å². The molecular formula is C21H18ClFN4O2. The van der Waals surface area contributed by atoms with E-state index in [0.29, 0.717) is 22.6 Å². The minimum atomic E-state index is -0.559. The largest absolute Gasteiger partial charge is 0.397 e.